The van der Waals surface area contributed by atoms with E-state index in [0.29, 0.717) is 11.1 Å². The Morgan fingerprint density at radius 3 is 1.50 bits per heavy atom. The van der Waals surface area contributed by atoms with E-state index in [9.17, 15) is 30.0 Å². The van der Waals surface area contributed by atoms with Crippen molar-refractivity contribution in [1.82, 2.24) is 0 Å². The van der Waals surface area contributed by atoms with Crippen molar-refractivity contribution in [3.63, 3.8) is 0 Å². The highest BCUT2D eigenvalue weighted by atomic mass is 16.5. The van der Waals surface area contributed by atoms with Crippen LogP contribution < -0.4 is 9.47 Å². The molecule has 0 spiro atoms. The number of hydrogen-bond donors (Lipinski definition) is 4. The van der Waals surface area contributed by atoms with E-state index in [4.69, 9.17) is 9.47 Å². The second kappa shape index (κ2) is 6.92. The maximum absolute atomic E-state index is 12.6. The van der Waals surface area contributed by atoms with E-state index in [0.717, 1.165) is 12.1 Å². The largest absolute Gasteiger partial charge is 0.508 e. The van der Waals surface area contributed by atoms with E-state index in [2.05, 4.69) is 0 Å². The molecule has 0 bridgehead atoms. The van der Waals surface area contributed by atoms with Crippen molar-refractivity contribution in [3.05, 3.63) is 82.3 Å². The molecule has 0 aromatic heterocycles. The number of aromatic hydroxyl groups is 4. The van der Waals surface area contributed by atoms with Gasteiger partial charge in [0, 0.05) is 24.3 Å². The molecule has 32 heavy (non-hydrogen) atoms. The Morgan fingerprint density at radius 2 is 1.06 bits per heavy atom. The van der Waals surface area contributed by atoms with Crippen LogP contribution >= 0.6 is 0 Å². The molecule has 0 atom stereocenters. The molecule has 0 aliphatic carbocycles. The first-order valence-corrected chi connectivity index (χ1v) is 9.40. The normalized spacial score (nSPS) is 16.8. The number of ketones is 2. The van der Waals surface area contributed by atoms with Crippen LogP contribution in [0.5, 0.6) is 34.5 Å². The molecule has 0 unspecified atom stereocenters. The average Bonchev–Trinajstić information content (AvgIpc) is 3.18. The van der Waals surface area contributed by atoms with Crippen LogP contribution in [0.1, 0.15) is 31.8 Å². The minimum atomic E-state index is -0.527. The van der Waals surface area contributed by atoms with Gasteiger partial charge in [0.05, 0.1) is 0 Å². The van der Waals surface area contributed by atoms with Gasteiger partial charge in [-0.05, 0) is 29.3 Å². The van der Waals surface area contributed by atoms with Gasteiger partial charge in [0.15, 0.2) is 11.5 Å². The van der Waals surface area contributed by atoms with Crippen molar-refractivity contribution >= 4 is 23.7 Å². The summed E-state index contributed by atoms with van der Waals surface area (Å²) in [4.78, 5) is 25.1. The second-order valence-corrected chi connectivity index (χ2v) is 7.23. The lowest BCUT2D eigenvalue weighted by Crippen LogP contribution is -1.99. The van der Waals surface area contributed by atoms with Gasteiger partial charge in [-0.15, -0.1) is 0 Å². The van der Waals surface area contributed by atoms with Crippen LogP contribution in [0.25, 0.3) is 12.2 Å². The minimum Gasteiger partial charge on any atom is -0.508 e. The highest BCUT2D eigenvalue weighted by Gasteiger charge is 2.32. The molecular weight excluding hydrogens is 416 g/mol. The maximum atomic E-state index is 12.6. The van der Waals surface area contributed by atoms with Crippen LogP contribution in [0.4, 0.5) is 0 Å². The van der Waals surface area contributed by atoms with Crippen molar-refractivity contribution in [2.75, 3.05) is 0 Å². The molecule has 2 aliphatic rings. The molecular formula is C24H14O8. The Hall–Kier alpha value is -4.72. The Kier molecular flexibility index (Phi) is 4.16. The highest BCUT2D eigenvalue weighted by Crippen LogP contribution is 2.42. The van der Waals surface area contributed by atoms with Gasteiger partial charge in [-0.25, -0.2) is 0 Å². The molecule has 8 nitrogen and oxygen atoms in total. The van der Waals surface area contributed by atoms with Crippen molar-refractivity contribution in [2.24, 2.45) is 0 Å². The SMILES string of the molecule is O=C1/C(=C/c2cccc(/C=C3\Oc4cc(O)cc(O)c4C3=O)c2)Oc2cc(O)cc(O)c21. The van der Waals surface area contributed by atoms with Crippen LogP contribution in [0.15, 0.2) is 60.0 Å². The molecule has 5 rings (SSSR count). The first-order valence-electron chi connectivity index (χ1n) is 9.40. The Labute approximate surface area is 180 Å². The number of carbonyl (C=O) groups excluding carboxylic acids is 2. The number of carbonyl (C=O) groups is 2. The van der Waals surface area contributed by atoms with E-state index in [1.54, 1.807) is 24.3 Å². The monoisotopic (exact) mass is 430 g/mol. The molecule has 8 heteroatoms. The zero-order valence-corrected chi connectivity index (χ0v) is 16.2. The lowest BCUT2D eigenvalue weighted by Gasteiger charge is -2.02. The molecule has 158 valence electrons. The van der Waals surface area contributed by atoms with Gasteiger partial charge in [-0.1, -0.05) is 18.2 Å². The van der Waals surface area contributed by atoms with Gasteiger partial charge in [0.1, 0.15) is 45.6 Å². The molecule has 0 radical (unpaired) electrons. The van der Waals surface area contributed by atoms with Gasteiger partial charge in [0.2, 0.25) is 11.6 Å². The number of phenols is 4. The zero-order chi connectivity index (χ0) is 22.6. The summed E-state index contributed by atoms with van der Waals surface area (Å²) in [5.41, 5.74) is 1.08. The fourth-order valence-electron chi connectivity index (χ4n) is 3.60. The molecule has 2 heterocycles. The number of ether oxygens (including phenoxy) is 2. The first kappa shape index (κ1) is 19.3. The second-order valence-electron chi connectivity index (χ2n) is 7.23. The highest BCUT2D eigenvalue weighted by molar-refractivity contribution is 6.17. The van der Waals surface area contributed by atoms with E-state index in [-0.39, 0.29) is 57.1 Å². The topological polar surface area (TPSA) is 134 Å². The van der Waals surface area contributed by atoms with Crippen LogP contribution in [0.2, 0.25) is 0 Å². The maximum Gasteiger partial charge on any atom is 0.235 e. The van der Waals surface area contributed by atoms with Gasteiger partial charge in [0.25, 0.3) is 0 Å². The van der Waals surface area contributed by atoms with E-state index in [1.165, 1.54) is 24.3 Å². The third-order valence-corrected chi connectivity index (χ3v) is 4.98. The number of benzene rings is 3. The first-order chi connectivity index (χ1) is 15.3. The summed E-state index contributed by atoms with van der Waals surface area (Å²) in [5.74, 6) is -2.22. The fraction of sp³-hybridized carbons (Fsp3) is 0. The zero-order valence-electron chi connectivity index (χ0n) is 16.2. The van der Waals surface area contributed by atoms with E-state index >= 15 is 0 Å². The molecule has 2 aliphatic heterocycles. The summed E-state index contributed by atoms with van der Waals surface area (Å²) in [5, 5.41) is 39.0. The number of Topliss-reactive ketones (excluding diaryl/α,β-unsaturated/α-hetero) is 2. The Balaban J connectivity index is 1.45. The third-order valence-electron chi connectivity index (χ3n) is 4.98. The number of phenolic OH excluding ortho intramolecular Hbond substituents is 4. The average molecular weight is 430 g/mol. The van der Waals surface area contributed by atoms with Crippen molar-refractivity contribution in [2.45, 2.75) is 0 Å². The number of fused-ring (bicyclic) bond motifs is 2. The molecule has 3 aromatic carbocycles. The third kappa shape index (κ3) is 3.10. The van der Waals surface area contributed by atoms with Gasteiger partial charge in [-0.3, -0.25) is 9.59 Å². The standard InChI is InChI=1S/C24H14O8/c25-13-7-15(27)21-17(9-13)31-19(23(21)29)5-11-2-1-3-12(4-11)6-20-24(30)22-16(28)8-14(26)10-18(22)32-20/h1-10,25-28H/b19-5-,20-6-. The minimum absolute atomic E-state index is 0.0295. The molecule has 0 amide bonds. The van der Waals surface area contributed by atoms with E-state index in [1.807, 2.05) is 0 Å². The van der Waals surface area contributed by atoms with Crippen LogP contribution in [-0.2, 0) is 0 Å². The molecule has 0 fully saturated rings. The Morgan fingerprint density at radius 1 is 0.625 bits per heavy atom. The van der Waals surface area contributed by atoms with Gasteiger partial charge < -0.3 is 29.9 Å². The van der Waals surface area contributed by atoms with Crippen LogP contribution in [0, 0.1) is 0 Å². The van der Waals surface area contributed by atoms with Gasteiger partial charge in [-0.2, -0.15) is 0 Å². The van der Waals surface area contributed by atoms with E-state index < -0.39 is 11.6 Å². The predicted molar refractivity (Wildman–Crippen MR) is 112 cm³/mol. The molecule has 0 saturated heterocycles. The number of hydrogen-bond acceptors (Lipinski definition) is 8. The lowest BCUT2D eigenvalue weighted by atomic mass is 10.0. The summed E-state index contributed by atoms with van der Waals surface area (Å²) >= 11 is 0. The van der Waals surface area contributed by atoms with Gasteiger partial charge >= 0.3 is 0 Å². The summed E-state index contributed by atoms with van der Waals surface area (Å²) in [7, 11) is 0. The predicted octanol–water partition coefficient (Wildman–Crippen LogP) is 3.74. The quantitative estimate of drug-likeness (QED) is 0.452. The summed E-state index contributed by atoms with van der Waals surface area (Å²) in [6.45, 7) is 0. The summed E-state index contributed by atoms with van der Waals surface area (Å²) in [6.07, 6.45) is 2.94. The lowest BCUT2D eigenvalue weighted by molar-refractivity contribution is 0.100. The summed E-state index contributed by atoms with van der Waals surface area (Å²) < 4.78 is 11.0. The van der Waals surface area contributed by atoms with Crippen molar-refractivity contribution in [1.29, 1.82) is 0 Å². The number of rotatable bonds is 2. The molecule has 4 N–H and O–H groups in total. The Bertz CT molecular complexity index is 1290. The fourth-order valence-corrected chi connectivity index (χ4v) is 3.60. The van der Waals surface area contributed by atoms with Crippen LogP contribution in [0.3, 0.4) is 0 Å². The van der Waals surface area contributed by atoms with Crippen molar-refractivity contribution < 1.29 is 39.5 Å². The molecule has 0 saturated carbocycles. The van der Waals surface area contributed by atoms with Crippen molar-refractivity contribution in [3.8, 4) is 34.5 Å². The van der Waals surface area contributed by atoms with Crippen LogP contribution in [-0.4, -0.2) is 32.0 Å². The molecule has 3 aromatic rings. The smallest absolute Gasteiger partial charge is 0.235 e. The number of allylic oxidation sites excluding steroid dienone is 2. The summed E-state index contributed by atoms with van der Waals surface area (Å²) in [6, 6.07) is 11.4.